The summed E-state index contributed by atoms with van der Waals surface area (Å²) in [6.07, 6.45) is 6.12. The average Bonchev–Trinajstić information content (AvgIpc) is 3.40. The molecule has 0 bridgehead atoms. The number of hydrogen-bond donors (Lipinski definition) is 3. The minimum Gasteiger partial charge on any atom is -0.382 e. The second-order valence-corrected chi connectivity index (χ2v) is 11.0. The Morgan fingerprint density at radius 3 is 2.60 bits per heavy atom. The molecule has 0 saturated carbocycles. The topological polar surface area (TPSA) is 123 Å². The zero-order valence-corrected chi connectivity index (χ0v) is 20.7. The van der Waals surface area contributed by atoms with Crippen molar-refractivity contribution >= 4 is 38.5 Å². The van der Waals surface area contributed by atoms with Crippen molar-refractivity contribution in [3.63, 3.8) is 0 Å². The van der Waals surface area contributed by atoms with Crippen molar-refractivity contribution in [1.82, 2.24) is 23.8 Å². The predicted octanol–water partition coefficient (Wildman–Crippen LogP) is 4.92. The van der Waals surface area contributed by atoms with E-state index in [9.17, 15) is 9.11 Å². The molecule has 1 aromatic carbocycles. The molecule has 186 valence electrons. The van der Waals surface area contributed by atoms with Gasteiger partial charge in [-0.3, -0.25) is 14.1 Å². The number of aryl methyl sites for hydroxylation is 1. The molecule has 0 unspecified atom stereocenters. The van der Waals surface area contributed by atoms with Gasteiger partial charge in [-0.25, -0.2) is 14.3 Å². The highest BCUT2D eigenvalue weighted by atomic mass is 32.3. The number of unbranched alkanes of at least 4 members (excludes halogenated alkanes) is 1. The van der Waals surface area contributed by atoms with E-state index in [1.54, 1.807) is 12.4 Å². The standard InChI is InChI=1S/C25H32N6O3S/c1-2-34-17-22-29-23-24(31(22)14-4-3-12-30-13-5-15-35(30,32)33)20-7-6-19(16-21(20)28-25(23)26)18-8-10-27-11-9-18/h6-11,16,32-33H,2-5,12-15,17H2,1H3,(H2,26,28). The minimum atomic E-state index is -2.57. The number of ether oxygens (including phenoxy) is 1. The van der Waals surface area contributed by atoms with Crippen molar-refractivity contribution in [3.8, 4) is 11.1 Å². The number of nitrogen functional groups attached to an aromatic ring is 1. The van der Waals surface area contributed by atoms with E-state index < -0.39 is 10.8 Å². The van der Waals surface area contributed by atoms with E-state index >= 15 is 0 Å². The van der Waals surface area contributed by atoms with Crippen LogP contribution in [0.5, 0.6) is 0 Å². The Hall–Kier alpha value is -2.76. The summed E-state index contributed by atoms with van der Waals surface area (Å²) < 4.78 is 30.1. The molecule has 1 aliphatic heterocycles. The fourth-order valence-corrected chi connectivity index (χ4v) is 6.37. The van der Waals surface area contributed by atoms with Gasteiger partial charge in [0.05, 0.1) is 16.8 Å². The number of nitrogens with two attached hydrogens (primary N) is 1. The van der Waals surface area contributed by atoms with Crippen LogP contribution in [0.25, 0.3) is 33.1 Å². The third-order valence-corrected chi connectivity index (χ3v) is 8.54. The lowest BCUT2D eigenvalue weighted by Crippen LogP contribution is -2.24. The molecule has 1 aliphatic rings. The van der Waals surface area contributed by atoms with Crippen LogP contribution in [0, 0.1) is 0 Å². The Balaban J connectivity index is 1.48. The van der Waals surface area contributed by atoms with E-state index in [1.165, 1.54) is 0 Å². The third-order valence-electron chi connectivity index (χ3n) is 6.51. The second kappa shape index (κ2) is 10.1. The predicted molar refractivity (Wildman–Crippen MR) is 141 cm³/mol. The van der Waals surface area contributed by atoms with Gasteiger partial charge in [-0.1, -0.05) is 12.1 Å². The Bertz CT molecular complexity index is 1330. The maximum Gasteiger partial charge on any atom is 0.152 e. The lowest BCUT2D eigenvalue weighted by atomic mass is 10.0. The minimum absolute atomic E-state index is 0.397. The zero-order valence-electron chi connectivity index (χ0n) is 19.9. The average molecular weight is 497 g/mol. The van der Waals surface area contributed by atoms with Crippen molar-refractivity contribution in [2.45, 2.75) is 39.3 Å². The first kappa shape index (κ1) is 24.0. The Labute approximate surface area is 206 Å². The quantitative estimate of drug-likeness (QED) is 0.279. The number of fused-ring (bicyclic) bond motifs is 3. The molecule has 4 heterocycles. The van der Waals surface area contributed by atoms with Crippen molar-refractivity contribution in [3.05, 3.63) is 48.5 Å². The highest BCUT2D eigenvalue weighted by Crippen LogP contribution is 2.48. The number of nitrogens with zero attached hydrogens (tertiary/aromatic N) is 5. The Morgan fingerprint density at radius 1 is 1.06 bits per heavy atom. The molecule has 3 aromatic heterocycles. The van der Waals surface area contributed by atoms with Crippen LogP contribution in [-0.2, 0) is 17.9 Å². The maximum atomic E-state index is 10.2. The fourth-order valence-electron chi connectivity index (χ4n) is 4.75. The lowest BCUT2D eigenvalue weighted by Gasteiger charge is -2.36. The summed E-state index contributed by atoms with van der Waals surface area (Å²) >= 11 is 0. The van der Waals surface area contributed by atoms with Crippen molar-refractivity contribution in [2.75, 3.05) is 31.2 Å². The summed E-state index contributed by atoms with van der Waals surface area (Å²) in [7, 11) is -2.57. The van der Waals surface area contributed by atoms with Crippen LogP contribution in [0.4, 0.5) is 5.82 Å². The van der Waals surface area contributed by atoms with Gasteiger partial charge in [-0.15, -0.1) is 10.8 Å². The van der Waals surface area contributed by atoms with Crippen LogP contribution in [0.15, 0.2) is 42.7 Å². The van der Waals surface area contributed by atoms with Gasteiger partial charge in [0.1, 0.15) is 17.9 Å². The second-order valence-electron chi connectivity index (χ2n) is 8.80. The van der Waals surface area contributed by atoms with Crippen LogP contribution in [-0.4, -0.2) is 58.4 Å². The Kier molecular flexibility index (Phi) is 6.90. The van der Waals surface area contributed by atoms with Gasteiger partial charge >= 0.3 is 0 Å². The molecule has 5 rings (SSSR count). The number of anilines is 1. The highest BCUT2D eigenvalue weighted by molar-refractivity contribution is 8.22. The largest absolute Gasteiger partial charge is 0.382 e. The van der Waals surface area contributed by atoms with E-state index in [-0.39, 0.29) is 0 Å². The molecule has 0 amide bonds. The normalized spacial score (nSPS) is 16.9. The van der Waals surface area contributed by atoms with Gasteiger partial charge in [-0.2, -0.15) is 0 Å². The number of benzene rings is 1. The first-order valence-electron chi connectivity index (χ1n) is 12.1. The molecule has 10 heteroatoms. The van der Waals surface area contributed by atoms with Gasteiger partial charge < -0.3 is 15.0 Å². The lowest BCUT2D eigenvalue weighted by molar-refractivity contribution is 0.126. The summed E-state index contributed by atoms with van der Waals surface area (Å²) in [5, 5.41) is 0.996. The van der Waals surface area contributed by atoms with Crippen LogP contribution >= 0.6 is 10.8 Å². The monoisotopic (exact) mass is 496 g/mol. The molecule has 9 nitrogen and oxygen atoms in total. The third kappa shape index (κ3) is 4.85. The molecule has 0 aliphatic carbocycles. The molecule has 0 spiro atoms. The number of aromatic nitrogens is 4. The van der Waals surface area contributed by atoms with E-state index in [0.29, 0.717) is 36.8 Å². The van der Waals surface area contributed by atoms with Gasteiger partial charge in [0.25, 0.3) is 0 Å². The van der Waals surface area contributed by atoms with Gasteiger partial charge in [0.15, 0.2) is 5.82 Å². The number of pyridine rings is 2. The van der Waals surface area contributed by atoms with Crippen LogP contribution < -0.4 is 5.73 Å². The van der Waals surface area contributed by atoms with Crippen LogP contribution in [0.1, 0.15) is 32.0 Å². The summed E-state index contributed by atoms with van der Waals surface area (Å²) in [5.74, 6) is 1.71. The first-order valence-corrected chi connectivity index (χ1v) is 13.7. The van der Waals surface area contributed by atoms with Crippen molar-refractivity contribution in [2.24, 2.45) is 0 Å². The molecule has 35 heavy (non-hydrogen) atoms. The molecule has 0 atom stereocenters. The molecular weight excluding hydrogens is 464 g/mol. The Morgan fingerprint density at radius 2 is 1.86 bits per heavy atom. The number of rotatable bonds is 9. The van der Waals surface area contributed by atoms with Crippen molar-refractivity contribution in [1.29, 1.82) is 0 Å². The molecule has 1 saturated heterocycles. The summed E-state index contributed by atoms with van der Waals surface area (Å²) in [6, 6.07) is 10.2. The molecule has 4 aromatic rings. The smallest absolute Gasteiger partial charge is 0.152 e. The summed E-state index contributed by atoms with van der Waals surface area (Å²) in [6.45, 7) is 5.12. The van der Waals surface area contributed by atoms with E-state index in [2.05, 4.69) is 32.7 Å². The summed E-state index contributed by atoms with van der Waals surface area (Å²) in [5.41, 5.74) is 11.0. The number of imidazole rings is 1. The first-order chi connectivity index (χ1) is 17.0. The molecule has 1 fully saturated rings. The molecule has 4 N–H and O–H groups in total. The molecular formula is C25H32N6O3S. The molecule has 0 radical (unpaired) electrons. The van der Waals surface area contributed by atoms with Crippen LogP contribution in [0.2, 0.25) is 0 Å². The summed E-state index contributed by atoms with van der Waals surface area (Å²) in [4.78, 5) is 13.6. The highest BCUT2D eigenvalue weighted by Gasteiger charge is 2.28. The number of hydrogen-bond acceptors (Lipinski definition) is 8. The van der Waals surface area contributed by atoms with Gasteiger partial charge in [0.2, 0.25) is 0 Å². The van der Waals surface area contributed by atoms with E-state index in [1.807, 2.05) is 23.4 Å². The van der Waals surface area contributed by atoms with Crippen LogP contribution in [0.3, 0.4) is 0 Å². The van der Waals surface area contributed by atoms with Crippen molar-refractivity contribution < 1.29 is 13.8 Å². The SMILES string of the molecule is CCOCc1nc2c(N)nc3cc(-c4ccncc4)ccc3c2n1CCCCN1CCCS1(O)O. The van der Waals surface area contributed by atoms with Gasteiger partial charge in [0, 0.05) is 44.0 Å². The fraction of sp³-hybridized carbons (Fsp3) is 0.400. The van der Waals surface area contributed by atoms with E-state index in [0.717, 1.165) is 65.7 Å². The maximum absolute atomic E-state index is 10.2. The zero-order chi connectivity index (χ0) is 24.4. The van der Waals surface area contributed by atoms with Gasteiger partial charge in [-0.05, 0) is 55.5 Å². The van der Waals surface area contributed by atoms with E-state index in [4.69, 9.17) is 15.5 Å².